The van der Waals surface area contributed by atoms with Gasteiger partial charge in [0.05, 0.1) is 5.69 Å². The summed E-state index contributed by atoms with van der Waals surface area (Å²) in [6.07, 6.45) is 8.19. The van der Waals surface area contributed by atoms with Crippen molar-refractivity contribution in [3.05, 3.63) is 30.2 Å². The van der Waals surface area contributed by atoms with Gasteiger partial charge in [-0.3, -0.25) is 4.79 Å². The first-order valence-corrected chi connectivity index (χ1v) is 8.86. The lowest BCUT2D eigenvalue weighted by molar-refractivity contribution is -0.132. The number of hydrogen-bond acceptors (Lipinski definition) is 4. The number of nitrogens with zero attached hydrogens (tertiary/aromatic N) is 3. The zero-order chi connectivity index (χ0) is 16.8. The Hall–Kier alpha value is -2.08. The predicted molar refractivity (Wildman–Crippen MR) is 93.4 cm³/mol. The first-order valence-electron chi connectivity index (χ1n) is 8.86. The van der Waals surface area contributed by atoms with E-state index in [2.05, 4.69) is 17.2 Å². The van der Waals surface area contributed by atoms with Gasteiger partial charge in [-0.05, 0) is 37.9 Å². The number of ether oxygens (including phenoxy) is 1. The number of carbonyl (C=O) groups is 1. The molecule has 0 aliphatic carbocycles. The van der Waals surface area contributed by atoms with E-state index in [9.17, 15) is 4.79 Å². The van der Waals surface area contributed by atoms with Gasteiger partial charge in [0.1, 0.15) is 0 Å². The highest BCUT2D eigenvalue weighted by Crippen LogP contribution is 2.19. The largest absolute Gasteiger partial charge is 0.480 e. The van der Waals surface area contributed by atoms with E-state index in [1.165, 1.54) is 0 Å². The molecular weight excluding hydrogens is 304 g/mol. The maximum absolute atomic E-state index is 12.1. The summed E-state index contributed by atoms with van der Waals surface area (Å²) < 4.78 is 7.72. The minimum absolute atomic E-state index is 0.0602. The van der Waals surface area contributed by atoms with E-state index in [1.54, 1.807) is 0 Å². The Morgan fingerprint density at radius 2 is 2.17 bits per heavy atom. The van der Waals surface area contributed by atoms with Crippen molar-refractivity contribution >= 4 is 11.6 Å². The number of fused-ring (bicyclic) bond motifs is 1. The van der Waals surface area contributed by atoms with Gasteiger partial charge in [0.15, 0.2) is 18.0 Å². The van der Waals surface area contributed by atoms with Gasteiger partial charge in [0.2, 0.25) is 0 Å². The first kappa shape index (κ1) is 16.8. The monoisotopic (exact) mass is 330 g/mol. The van der Waals surface area contributed by atoms with Crippen molar-refractivity contribution in [3.8, 4) is 5.75 Å². The summed E-state index contributed by atoms with van der Waals surface area (Å²) in [5.74, 6) is 0.725. The van der Waals surface area contributed by atoms with Crippen LogP contribution >= 0.6 is 0 Å². The van der Waals surface area contributed by atoms with Crippen LogP contribution in [0.5, 0.6) is 5.75 Å². The lowest BCUT2D eigenvalue weighted by Gasteiger charge is -2.15. The maximum atomic E-state index is 12.1. The van der Waals surface area contributed by atoms with E-state index in [1.807, 2.05) is 33.8 Å². The van der Waals surface area contributed by atoms with Crippen molar-refractivity contribution in [2.75, 3.05) is 32.8 Å². The molecule has 24 heavy (non-hydrogen) atoms. The van der Waals surface area contributed by atoms with Crippen LogP contribution in [0.2, 0.25) is 0 Å². The van der Waals surface area contributed by atoms with Crippen LogP contribution in [0.4, 0.5) is 0 Å². The second kappa shape index (κ2) is 8.15. The van der Waals surface area contributed by atoms with Crippen molar-refractivity contribution < 1.29 is 9.53 Å². The van der Waals surface area contributed by atoms with E-state index in [0.29, 0.717) is 5.75 Å². The Morgan fingerprint density at radius 3 is 2.96 bits per heavy atom. The molecule has 0 saturated carbocycles. The highest BCUT2D eigenvalue weighted by atomic mass is 16.5. The molecule has 0 bridgehead atoms. The van der Waals surface area contributed by atoms with Gasteiger partial charge in [-0.25, -0.2) is 4.98 Å². The molecule has 0 radical (unpaired) electrons. The molecule has 2 aromatic heterocycles. The molecule has 0 spiro atoms. The number of imidazole rings is 1. The molecule has 3 rings (SSSR count). The Balaban J connectivity index is 1.62. The lowest BCUT2D eigenvalue weighted by atomic mass is 10.3. The molecule has 2 aromatic rings. The van der Waals surface area contributed by atoms with Gasteiger partial charge in [-0.15, -0.1) is 0 Å². The quantitative estimate of drug-likeness (QED) is 0.751. The fraction of sp³-hybridized carbons (Fsp3) is 0.556. The Labute approximate surface area is 142 Å². The summed E-state index contributed by atoms with van der Waals surface area (Å²) in [6.45, 7) is 5.89. The van der Waals surface area contributed by atoms with E-state index in [-0.39, 0.29) is 12.5 Å². The third-order valence-corrected chi connectivity index (χ3v) is 4.29. The second-order valence-corrected chi connectivity index (χ2v) is 6.21. The van der Waals surface area contributed by atoms with E-state index in [4.69, 9.17) is 4.74 Å². The highest BCUT2D eigenvalue weighted by molar-refractivity contribution is 5.78. The predicted octanol–water partition coefficient (Wildman–Crippen LogP) is 1.88. The second-order valence-electron chi connectivity index (χ2n) is 6.21. The van der Waals surface area contributed by atoms with E-state index >= 15 is 0 Å². The fourth-order valence-corrected chi connectivity index (χ4v) is 2.99. The number of likely N-dealkylation sites (tertiary alicyclic amines) is 1. The summed E-state index contributed by atoms with van der Waals surface area (Å²) >= 11 is 0. The van der Waals surface area contributed by atoms with Crippen molar-refractivity contribution in [1.29, 1.82) is 0 Å². The van der Waals surface area contributed by atoms with Crippen LogP contribution in [0.15, 0.2) is 24.5 Å². The lowest BCUT2D eigenvalue weighted by Crippen LogP contribution is -2.32. The molecule has 1 aliphatic heterocycles. The summed E-state index contributed by atoms with van der Waals surface area (Å²) in [5.41, 5.74) is 1.80. The zero-order valence-electron chi connectivity index (χ0n) is 14.3. The first-order chi connectivity index (χ1) is 11.8. The molecular formula is C18H26N4O2. The molecule has 1 amide bonds. The molecule has 6 nitrogen and oxygen atoms in total. The Bertz CT molecular complexity index is 677. The Morgan fingerprint density at radius 1 is 1.33 bits per heavy atom. The van der Waals surface area contributed by atoms with Gasteiger partial charge in [0.25, 0.3) is 5.91 Å². The zero-order valence-corrected chi connectivity index (χ0v) is 14.3. The number of pyridine rings is 1. The minimum atomic E-state index is 0.0602. The van der Waals surface area contributed by atoms with Crippen LogP contribution in [0, 0.1) is 0 Å². The third kappa shape index (κ3) is 4.06. The number of amides is 1. The van der Waals surface area contributed by atoms with Crippen LogP contribution in [0.25, 0.3) is 5.65 Å². The fourth-order valence-electron chi connectivity index (χ4n) is 2.99. The average molecular weight is 330 g/mol. The van der Waals surface area contributed by atoms with E-state index < -0.39 is 0 Å². The number of nitrogens with one attached hydrogen (secondary N) is 1. The molecule has 0 atom stereocenters. The number of hydrogen-bond donors (Lipinski definition) is 1. The van der Waals surface area contributed by atoms with Crippen LogP contribution in [0.1, 0.15) is 31.9 Å². The number of carbonyl (C=O) groups excluding carboxylic acids is 1. The topological polar surface area (TPSA) is 58.9 Å². The summed E-state index contributed by atoms with van der Waals surface area (Å²) in [5, 5.41) is 3.38. The van der Waals surface area contributed by atoms with Crippen LogP contribution in [-0.2, 0) is 11.2 Å². The summed E-state index contributed by atoms with van der Waals surface area (Å²) in [4.78, 5) is 18.7. The van der Waals surface area contributed by atoms with Gasteiger partial charge in [-0.1, -0.05) is 6.92 Å². The van der Waals surface area contributed by atoms with Crippen LogP contribution in [0.3, 0.4) is 0 Å². The third-order valence-electron chi connectivity index (χ3n) is 4.29. The average Bonchev–Trinajstić information content (AvgIpc) is 3.25. The highest BCUT2D eigenvalue weighted by Gasteiger charge is 2.18. The standard InChI is InChI=1S/C18H26N4O2/c1-2-8-19-9-7-15-13-22-12-5-6-16(18(22)20-15)24-14-17(23)21-10-3-4-11-21/h5-6,12-13,19H,2-4,7-11,14H2,1H3. The minimum Gasteiger partial charge on any atom is -0.480 e. The molecule has 130 valence electrons. The molecule has 1 N–H and O–H groups in total. The Kier molecular flexibility index (Phi) is 5.69. The van der Waals surface area contributed by atoms with E-state index in [0.717, 1.165) is 63.2 Å². The van der Waals surface area contributed by atoms with Gasteiger partial charge in [0, 0.05) is 38.4 Å². The number of rotatable bonds is 8. The van der Waals surface area contributed by atoms with Crippen molar-refractivity contribution in [2.45, 2.75) is 32.6 Å². The summed E-state index contributed by atoms with van der Waals surface area (Å²) in [7, 11) is 0. The van der Waals surface area contributed by atoms with Crippen LogP contribution < -0.4 is 10.1 Å². The van der Waals surface area contributed by atoms with Gasteiger partial charge >= 0.3 is 0 Å². The van der Waals surface area contributed by atoms with Crippen molar-refractivity contribution in [3.63, 3.8) is 0 Å². The molecule has 1 saturated heterocycles. The van der Waals surface area contributed by atoms with Crippen molar-refractivity contribution in [1.82, 2.24) is 19.6 Å². The van der Waals surface area contributed by atoms with Crippen molar-refractivity contribution in [2.24, 2.45) is 0 Å². The SMILES string of the molecule is CCCNCCc1cn2cccc(OCC(=O)N3CCCC3)c2n1. The summed E-state index contributed by atoms with van der Waals surface area (Å²) in [6, 6.07) is 3.79. The van der Waals surface area contributed by atoms with Crippen LogP contribution in [-0.4, -0.2) is 53.0 Å². The smallest absolute Gasteiger partial charge is 0.260 e. The van der Waals surface area contributed by atoms with Gasteiger partial charge in [-0.2, -0.15) is 0 Å². The maximum Gasteiger partial charge on any atom is 0.260 e. The molecule has 1 aliphatic rings. The number of aromatic nitrogens is 2. The molecule has 3 heterocycles. The van der Waals surface area contributed by atoms with Gasteiger partial charge < -0.3 is 19.4 Å². The molecule has 6 heteroatoms. The molecule has 1 fully saturated rings. The molecule has 0 unspecified atom stereocenters. The normalized spacial score (nSPS) is 14.5. The molecule has 0 aromatic carbocycles.